The van der Waals surface area contributed by atoms with Crippen molar-refractivity contribution in [3.8, 4) is 5.75 Å². The number of nitrogens with one attached hydrogen (secondary N) is 2. The van der Waals surface area contributed by atoms with Crippen LogP contribution in [0.25, 0.3) is 0 Å². The van der Waals surface area contributed by atoms with Crippen molar-refractivity contribution < 1.29 is 28.7 Å². The molecule has 9 heteroatoms. The first kappa shape index (κ1) is 21.2. The Labute approximate surface area is 183 Å². The molecule has 0 aromatic heterocycles. The summed E-state index contributed by atoms with van der Waals surface area (Å²) in [6.45, 7) is 2.56. The predicted octanol–water partition coefficient (Wildman–Crippen LogP) is 1.42. The lowest BCUT2D eigenvalue weighted by Crippen LogP contribution is -2.54. The van der Waals surface area contributed by atoms with Gasteiger partial charge in [0.2, 0.25) is 11.8 Å². The Kier molecular flexibility index (Phi) is 5.72. The molecular weight excluding hydrogens is 414 g/mol. The highest BCUT2D eigenvalue weighted by atomic mass is 16.5. The van der Waals surface area contributed by atoms with Crippen LogP contribution < -0.4 is 15.4 Å². The summed E-state index contributed by atoms with van der Waals surface area (Å²) < 4.78 is 5.36. The zero-order valence-corrected chi connectivity index (χ0v) is 17.3. The van der Waals surface area contributed by atoms with Gasteiger partial charge in [0.15, 0.2) is 0 Å². The summed E-state index contributed by atoms with van der Waals surface area (Å²) in [6, 6.07) is 10.4. The third-order valence-corrected chi connectivity index (χ3v) is 5.38. The van der Waals surface area contributed by atoms with E-state index >= 15 is 0 Å². The molecule has 32 heavy (non-hydrogen) atoms. The predicted molar refractivity (Wildman–Crippen MR) is 112 cm³/mol. The van der Waals surface area contributed by atoms with Gasteiger partial charge in [0.1, 0.15) is 11.8 Å². The Morgan fingerprint density at radius 3 is 2.47 bits per heavy atom. The first-order chi connectivity index (χ1) is 15.4. The molecular formula is C23H21N3O6. The number of carbonyl (C=O) groups excluding carboxylic acids is 5. The quantitative estimate of drug-likeness (QED) is 0.662. The third-order valence-electron chi connectivity index (χ3n) is 5.38. The number of benzene rings is 2. The molecule has 0 radical (unpaired) electrons. The highest BCUT2D eigenvalue weighted by Gasteiger charge is 2.44. The minimum Gasteiger partial charge on any atom is -0.494 e. The lowest BCUT2D eigenvalue weighted by atomic mass is 10.0. The van der Waals surface area contributed by atoms with E-state index in [4.69, 9.17) is 4.74 Å². The maximum atomic E-state index is 12.9. The van der Waals surface area contributed by atoms with Gasteiger partial charge in [-0.05, 0) is 55.3 Å². The summed E-state index contributed by atoms with van der Waals surface area (Å²) in [5.41, 5.74) is 1.47. The number of piperidine rings is 1. The van der Waals surface area contributed by atoms with Crippen LogP contribution in [0.2, 0.25) is 0 Å². The average molecular weight is 435 g/mol. The van der Waals surface area contributed by atoms with Gasteiger partial charge in [-0.25, -0.2) is 0 Å². The molecule has 1 fully saturated rings. The molecule has 1 unspecified atom stereocenters. The molecule has 1 atom stereocenters. The van der Waals surface area contributed by atoms with E-state index in [1.54, 1.807) is 36.4 Å². The summed E-state index contributed by atoms with van der Waals surface area (Å²) in [4.78, 5) is 62.4. The summed E-state index contributed by atoms with van der Waals surface area (Å²) in [6.07, 6.45) is 0.160. The molecule has 2 aliphatic rings. The van der Waals surface area contributed by atoms with E-state index in [1.165, 1.54) is 6.07 Å². The second-order valence-corrected chi connectivity index (χ2v) is 7.47. The van der Waals surface area contributed by atoms with Gasteiger partial charge in [0.25, 0.3) is 17.7 Å². The molecule has 164 valence electrons. The Hall–Kier alpha value is -4.01. The fourth-order valence-corrected chi connectivity index (χ4v) is 3.78. The Morgan fingerprint density at radius 2 is 1.78 bits per heavy atom. The first-order valence-electron chi connectivity index (χ1n) is 10.2. The van der Waals surface area contributed by atoms with Gasteiger partial charge in [0, 0.05) is 18.5 Å². The van der Waals surface area contributed by atoms with Crippen LogP contribution in [0.1, 0.15) is 56.4 Å². The Balaban J connectivity index is 1.45. The van der Waals surface area contributed by atoms with Crippen LogP contribution in [0.15, 0.2) is 42.5 Å². The topological polar surface area (TPSA) is 122 Å². The van der Waals surface area contributed by atoms with Gasteiger partial charge in [-0.1, -0.05) is 6.07 Å². The monoisotopic (exact) mass is 435 g/mol. The van der Waals surface area contributed by atoms with E-state index in [1.807, 2.05) is 6.92 Å². The number of ether oxygens (including phenoxy) is 1. The summed E-state index contributed by atoms with van der Waals surface area (Å²) in [5.74, 6) is -1.84. The van der Waals surface area contributed by atoms with Crippen LogP contribution >= 0.6 is 0 Å². The van der Waals surface area contributed by atoms with Crippen molar-refractivity contribution in [2.75, 3.05) is 6.61 Å². The highest BCUT2D eigenvalue weighted by molar-refractivity contribution is 6.23. The molecule has 0 bridgehead atoms. The van der Waals surface area contributed by atoms with Crippen LogP contribution in [-0.4, -0.2) is 47.1 Å². The molecule has 2 aliphatic heterocycles. The summed E-state index contributed by atoms with van der Waals surface area (Å²) >= 11 is 0. The molecule has 1 saturated heterocycles. The SMILES string of the molecule is CCOc1ccc(C(=O)NCc2ccc3c(c2)C(=O)N(C2CCC(=O)NC2=O)C3=O)cc1. The number of imide groups is 2. The third kappa shape index (κ3) is 3.96. The van der Waals surface area contributed by atoms with E-state index in [0.29, 0.717) is 23.5 Å². The number of carbonyl (C=O) groups is 5. The molecule has 0 saturated carbocycles. The minimum absolute atomic E-state index is 0.0621. The number of hydrogen-bond acceptors (Lipinski definition) is 6. The molecule has 9 nitrogen and oxygen atoms in total. The van der Waals surface area contributed by atoms with Crippen molar-refractivity contribution in [3.05, 3.63) is 64.7 Å². The van der Waals surface area contributed by atoms with Gasteiger partial charge >= 0.3 is 0 Å². The van der Waals surface area contributed by atoms with Crippen LogP contribution in [0.5, 0.6) is 5.75 Å². The average Bonchev–Trinajstić information content (AvgIpc) is 3.03. The fraction of sp³-hybridized carbons (Fsp3) is 0.261. The molecule has 2 heterocycles. The molecule has 0 spiro atoms. The Morgan fingerprint density at radius 1 is 1.06 bits per heavy atom. The molecule has 2 N–H and O–H groups in total. The van der Waals surface area contributed by atoms with Crippen LogP contribution in [0.3, 0.4) is 0 Å². The number of fused-ring (bicyclic) bond motifs is 1. The second-order valence-electron chi connectivity index (χ2n) is 7.47. The largest absolute Gasteiger partial charge is 0.494 e. The van der Waals surface area contributed by atoms with E-state index in [9.17, 15) is 24.0 Å². The van der Waals surface area contributed by atoms with E-state index in [0.717, 1.165) is 4.90 Å². The van der Waals surface area contributed by atoms with Crippen molar-refractivity contribution >= 4 is 29.5 Å². The van der Waals surface area contributed by atoms with Crippen molar-refractivity contribution in [2.45, 2.75) is 32.4 Å². The number of rotatable bonds is 6. The van der Waals surface area contributed by atoms with E-state index in [2.05, 4.69) is 10.6 Å². The van der Waals surface area contributed by atoms with Crippen LogP contribution in [-0.2, 0) is 16.1 Å². The zero-order chi connectivity index (χ0) is 22.8. The minimum atomic E-state index is -1.01. The molecule has 5 amide bonds. The highest BCUT2D eigenvalue weighted by Crippen LogP contribution is 2.28. The normalized spacial score (nSPS) is 17.8. The van der Waals surface area contributed by atoms with Crippen molar-refractivity contribution in [3.63, 3.8) is 0 Å². The summed E-state index contributed by atoms with van der Waals surface area (Å²) in [7, 11) is 0. The van der Waals surface area contributed by atoms with Crippen LogP contribution in [0, 0.1) is 0 Å². The molecule has 4 rings (SSSR count). The van der Waals surface area contributed by atoms with Crippen molar-refractivity contribution in [1.82, 2.24) is 15.5 Å². The van der Waals surface area contributed by atoms with Gasteiger partial charge < -0.3 is 10.1 Å². The van der Waals surface area contributed by atoms with Crippen LogP contribution in [0.4, 0.5) is 0 Å². The number of nitrogens with zero attached hydrogens (tertiary/aromatic N) is 1. The number of amides is 5. The van der Waals surface area contributed by atoms with Gasteiger partial charge in [-0.3, -0.25) is 34.2 Å². The van der Waals surface area contributed by atoms with Crippen molar-refractivity contribution in [2.24, 2.45) is 0 Å². The van der Waals surface area contributed by atoms with Gasteiger partial charge in [0.05, 0.1) is 17.7 Å². The smallest absolute Gasteiger partial charge is 0.262 e. The molecule has 2 aromatic rings. The zero-order valence-electron chi connectivity index (χ0n) is 17.3. The molecule has 0 aliphatic carbocycles. The van der Waals surface area contributed by atoms with E-state index < -0.39 is 29.7 Å². The standard InChI is InChI=1S/C23H21N3O6/c1-2-32-15-6-4-14(5-7-15)20(28)24-12-13-3-8-16-17(11-13)23(31)26(22(16)30)18-9-10-19(27)25-21(18)29/h3-8,11,18H,2,9-10,12H2,1H3,(H,24,28)(H,25,27,29). The maximum absolute atomic E-state index is 12.9. The van der Waals surface area contributed by atoms with E-state index in [-0.39, 0.29) is 36.4 Å². The lowest BCUT2D eigenvalue weighted by Gasteiger charge is -2.27. The molecule has 2 aromatic carbocycles. The van der Waals surface area contributed by atoms with Crippen molar-refractivity contribution in [1.29, 1.82) is 0 Å². The van der Waals surface area contributed by atoms with Gasteiger partial charge in [-0.15, -0.1) is 0 Å². The summed E-state index contributed by atoms with van der Waals surface area (Å²) in [5, 5.41) is 4.94. The lowest BCUT2D eigenvalue weighted by molar-refractivity contribution is -0.136. The Bertz CT molecular complexity index is 1130. The van der Waals surface area contributed by atoms with Gasteiger partial charge in [-0.2, -0.15) is 0 Å². The maximum Gasteiger partial charge on any atom is 0.262 e. The second kappa shape index (κ2) is 8.62. The first-order valence-corrected chi connectivity index (χ1v) is 10.2. The number of hydrogen-bond donors (Lipinski definition) is 2. The fourth-order valence-electron chi connectivity index (χ4n) is 3.78.